The summed E-state index contributed by atoms with van der Waals surface area (Å²) in [5.74, 6) is -0.565. The summed E-state index contributed by atoms with van der Waals surface area (Å²) in [4.78, 5) is 22.6. The van der Waals surface area contributed by atoms with Crippen LogP contribution in [-0.2, 0) is 4.79 Å². The molecule has 0 radical (unpaired) electrons. The molecule has 106 valence electrons. The lowest BCUT2D eigenvalue weighted by Crippen LogP contribution is -2.45. The lowest BCUT2D eigenvalue weighted by Gasteiger charge is -2.19. The van der Waals surface area contributed by atoms with Gasteiger partial charge >= 0.3 is 12.0 Å². The van der Waals surface area contributed by atoms with Gasteiger partial charge in [-0.05, 0) is 18.6 Å². The molecule has 0 spiro atoms. The number of nitrogens with one attached hydrogen (secondary N) is 2. The summed E-state index contributed by atoms with van der Waals surface area (Å²) < 4.78 is 0. The number of carbonyl (C=O) groups is 2. The Balaban J connectivity index is 4.11. The van der Waals surface area contributed by atoms with Gasteiger partial charge in [-0.25, -0.2) is 4.79 Å². The minimum absolute atomic E-state index is 0.00373. The molecule has 2 atom stereocenters. The van der Waals surface area contributed by atoms with E-state index in [1.807, 2.05) is 27.0 Å². The van der Waals surface area contributed by atoms with Crippen molar-refractivity contribution in [3.05, 3.63) is 0 Å². The van der Waals surface area contributed by atoms with Crippen LogP contribution in [0.2, 0.25) is 0 Å². The van der Waals surface area contributed by atoms with Crippen molar-refractivity contribution in [2.75, 3.05) is 18.6 Å². The molecule has 0 saturated carbocycles. The number of aliphatic carboxylic acids is 1. The summed E-state index contributed by atoms with van der Waals surface area (Å²) in [6.45, 7) is 5.84. The van der Waals surface area contributed by atoms with E-state index in [0.29, 0.717) is 0 Å². The summed E-state index contributed by atoms with van der Waals surface area (Å²) in [5.41, 5.74) is 0. The normalized spacial score (nSPS) is 14.1. The van der Waals surface area contributed by atoms with Gasteiger partial charge in [0.1, 0.15) is 0 Å². The number of amides is 2. The fourth-order valence-corrected chi connectivity index (χ4v) is 2.23. The quantitative estimate of drug-likeness (QED) is 0.631. The van der Waals surface area contributed by atoms with Crippen LogP contribution in [0.3, 0.4) is 0 Å². The third kappa shape index (κ3) is 6.74. The molecule has 2 amide bonds. The van der Waals surface area contributed by atoms with Crippen molar-refractivity contribution in [3.8, 4) is 0 Å². The molecule has 0 aromatic rings. The predicted octanol–water partition coefficient (Wildman–Crippen LogP) is 1.78. The van der Waals surface area contributed by atoms with Crippen molar-refractivity contribution in [2.45, 2.75) is 33.2 Å². The van der Waals surface area contributed by atoms with Crippen LogP contribution >= 0.6 is 11.8 Å². The number of hydrogen-bond donors (Lipinski definition) is 3. The first-order valence-corrected chi connectivity index (χ1v) is 7.57. The van der Waals surface area contributed by atoms with Crippen molar-refractivity contribution in [2.24, 2.45) is 11.8 Å². The van der Waals surface area contributed by atoms with Gasteiger partial charge in [-0.2, -0.15) is 11.8 Å². The molecule has 6 heteroatoms. The Kier molecular flexibility index (Phi) is 8.62. The molecule has 0 fully saturated rings. The van der Waals surface area contributed by atoms with Crippen molar-refractivity contribution in [3.63, 3.8) is 0 Å². The Morgan fingerprint density at radius 2 is 1.94 bits per heavy atom. The van der Waals surface area contributed by atoms with Crippen LogP contribution in [0.1, 0.15) is 27.2 Å². The number of rotatable bonds is 8. The molecular formula is C12H24N2O3S. The maximum Gasteiger partial charge on any atom is 0.315 e. The van der Waals surface area contributed by atoms with Crippen LogP contribution in [-0.4, -0.2) is 41.7 Å². The molecule has 0 aliphatic heterocycles. The average molecular weight is 276 g/mol. The monoisotopic (exact) mass is 276 g/mol. The number of hydrogen-bond acceptors (Lipinski definition) is 3. The second kappa shape index (κ2) is 9.08. The molecule has 3 N–H and O–H groups in total. The number of carboxylic acid groups (broad SMARTS) is 1. The standard InChI is InChI=1S/C12H24N2O3S/c1-5-9(7-18-4)14-12(17)13-6-10(8(2)3)11(15)16/h8-10H,5-7H2,1-4H3,(H,15,16)(H2,13,14,17). The third-order valence-electron chi connectivity index (χ3n) is 2.80. The Morgan fingerprint density at radius 1 is 1.33 bits per heavy atom. The van der Waals surface area contributed by atoms with E-state index in [4.69, 9.17) is 5.11 Å². The van der Waals surface area contributed by atoms with E-state index in [0.717, 1.165) is 12.2 Å². The maximum absolute atomic E-state index is 11.6. The smallest absolute Gasteiger partial charge is 0.315 e. The average Bonchev–Trinajstić information content (AvgIpc) is 2.27. The van der Waals surface area contributed by atoms with Crippen LogP contribution in [0.15, 0.2) is 0 Å². The topological polar surface area (TPSA) is 78.4 Å². The highest BCUT2D eigenvalue weighted by molar-refractivity contribution is 7.98. The van der Waals surface area contributed by atoms with Crippen molar-refractivity contribution >= 4 is 23.8 Å². The molecule has 0 heterocycles. The molecule has 18 heavy (non-hydrogen) atoms. The van der Waals surface area contributed by atoms with Crippen LogP contribution < -0.4 is 10.6 Å². The van der Waals surface area contributed by atoms with E-state index >= 15 is 0 Å². The maximum atomic E-state index is 11.6. The Bertz CT molecular complexity index is 272. The highest BCUT2D eigenvalue weighted by Gasteiger charge is 2.22. The molecule has 0 aliphatic carbocycles. The number of carboxylic acids is 1. The van der Waals surface area contributed by atoms with Gasteiger partial charge in [0.05, 0.1) is 5.92 Å². The number of thioether (sulfide) groups is 1. The van der Waals surface area contributed by atoms with Crippen LogP contribution in [0.25, 0.3) is 0 Å². The third-order valence-corrected chi connectivity index (χ3v) is 3.54. The van der Waals surface area contributed by atoms with Crippen molar-refractivity contribution in [1.82, 2.24) is 10.6 Å². The van der Waals surface area contributed by atoms with Crippen molar-refractivity contribution < 1.29 is 14.7 Å². The Hall–Kier alpha value is -0.910. The van der Waals surface area contributed by atoms with Gasteiger partial charge < -0.3 is 15.7 Å². The molecule has 0 aliphatic rings. The Labute approximate surface area is 113 Å². The van der Waals surface area contributed by atoms with E-state index < -0.39 is 11.9 Å². The lowest BCUT2D eigenvalue weighted by molar-refractivity contribution is -0.142. The molecule has 0 aromatic heterocycles. The lowest BCUT2D eigenvalue weighted by atomic mass is 9.96. The number of carbonyl (C=O) groups excluding carboxylic acids is 1. The van der Waals surface area contributed by atoms with E-state index in [1.54, 1.807) is 11.8 Å². The molecule has 0 saturated heterocycles. The SMILES string of the molecule is CCC(CSC)NC(=O)NCC(C(=O)O)C(C)C. The highest BCUT2D eigenvalue weighted by Crippen LogP contribution is 2.09. The zero-order valence-electron chi connectivity index (χ0n) is 11.5. The van der Waals surface area contributed by atoms with Gasteiger partial charge in [-0.15, -0.1) is 0 Å². The van der Waals surface area contributed by atoms with Crippen LogP contribution in [0, 0.1) is 11.8 Å². The molecule has 0 rings (SSSR count). The van der Waals surface area contributed by atoms with Gasteiger partial charge in [-0.1, -0.05) is 20.8 Å². The van der Waals surface area contributed by atoms with Gasteiger partial charge in [-0.3, -0.25) is 4.79 Å². The van der Waals surface area contributed by atoms with Gasteiger partial charge in [0, 0.05) is 18.3 Å². The number of urea groups is 1. The molecule has 2 unspecified atom stereocenters. The predicted molar refractivity (Wildman–Crippen MR) is 75.0 cm³/mol. The highest BCUT2D eigenvalue weighted by atomic mass is 32.2. The second-order valence-corrected chi connectivity index (χ2v) is 5.51. The van der Waals surface area contributed by atoms with E-state index in [2.05, 4.69) is 10.6 Å². The summed E-state index contributed by atoms with van der Waals surface area (Å²) in [7, 11) is 0. The zero-order chi connectivity index (χ0) is 14.1. The first-order chi connectivity index (χ1) is 8.42. The molecule has 0 aromatic carbocycles. The molecule has 0 bridgehead atoms. The second-order valence-electron chi connectivity index (χ2n) is 4.60. The van der Waals surface area contributed by atoms with Gasteiger partial charge in [0.15, 0.2) is 0 Å². The fourth-order valence-electron chi connectivity index (χ4n) is 1.51. The van der Waals surface area contributed by atoms with Crippen molar-refractivity contribution in [1.29, 1.82) is 0 Å². The van der Waals surface area contributed by atoms with Gasteiger partial charge in [0.2, 0.25) is 0 Å². The van der Waals surface area contributed by atoms with Crippen LogP contribution in [0.4, 0.5) is 4.79 Å². The zero-order valence-corrected chi connectivity index (χ0v) is 12.3. The Morgan fingerprint density at radius 3 is 2.33 bits per heavy atom. The molecule has 5 nitrogen and oxygen atoms in total. The minimum atomic E-state index is -0.874. The van der Waals surface area contributed by atoms with E-state index in [9.17, 15) is 9.59 Å². The first kappa shape index (κ1) is 17.1. The summed E-state index contributed by atoms with van der Waals surface area (Å²) >= 11 is 1.67. The first-order valence-electron chi connectivity index (χ1n) is 6.18. The summed E-state index contributed by atoms with van der Waals surface area (Å²) in [5, 5.41) is 14.5. The fraction of sp³-hybridized carbons (Fsp3) is 0.833. The summed E-state index contributed by atoms with van der Waals surface area (Å²) in [6.07, 6.45) is 2.85. The molecular weight excluding hydrogens is 252 g/mol. The van der Waals surface area contributed by atoms with E-state index in [1.165, 1.54) is 0 Å². The van der Waals surface area contributed by atoms with Crippen LogP contribution in [0.5, 0.6) is 0 Å². The largest absolute Gasteiger partial charge is 0.481 e. The minimum Gasteiger partial charge on any atom is -0.481 e. The summed E-state index contributed by atoms with van der Waals surface area (Å²) in [6, 6.07) is -0.162. The van der Waals surface area contributed by atoms with E-state index in [-0.39, 0.29) is 24.5 Å². The van der Waals surface area contributed by atoms with Gasteiger partial charge in [0.25, 0.3) is 0 Å².